The molecule has 1 aromatic rings. The number of benzene rings is 1. The van der Waals surface area contributed by atoms with E-state index in [9.17, 15) is 9.59 Å². The van der Waals surface area contributed by atoms with Crippen LogP contribution in [-0.4, -0.2) is 31.6 Å². The van der Waals surface area contributed by atoms with Crippen molar-refractivity contribution >= 4 is 23.2 Å². The van der Waals surface area contributed by atoms with Crippen LogP contribution in [0.4, 0.5) is 11.4 Å². The molecule has 1 atom stereocenters. The number of hydrogen-bond acceptors (Lipinski definition) is 4. The molecule has 0 saturated carbocycles. The molecule has 2 amide bonds. The van der Waals surface area contributed by atoms with E-state index in [1.807, 2.05) is 6.92 Å². The van der Waals surface area contributed by atoms with Crippen LogP contribution in [0.3, 0.4) is 0 Å². The highest BCUT2D eigenvalue weighted by Crippen LogP contribution is 2.15. The summed E-state index contributed by atoms with van der Waals surface area (Å²) < 4.78 is 4.74. The molecule has 0 aliphatic rings. The quantitative estimate of drug-likeness (QED) is 0.680. The van der Waals surface area contributed by atoms with Gasteiger partial charge in [0.15, 0.2) is 0 Å². The van der Waals surface area contributed by atoms with Gasteiger partial charge in [0, 0.05) is 30.9 Å². The molecule has 1 aromatic carbocycles. The second-order valence-corrected chi connectivity index (χ2v) is 4.98. The molecule has 0 saturated heterocycles. The van der Waals surface area contributed by atoms with Gasteiger partial charge >= 0.3 is 0 Å². The first kappa shape index (κ1) is 17.1. The molecule has 1 rings (SSSR count). The Hall–Kier alpha value is -1.92. The van der Waals surface area contributed by atoms with Crippen LogP contribution in [0.15, 0.2) is 24.3 Å². The fraction of sp³-hybridized carbons (Fsp3) is 0.467. The van der Waals surface area contributed by atoms with Crippen LogP contribution in [0.1, 0.15) is 26.2 Å². The van der Waals surface area contributed by atoms with Crippen molar-refractivity contribution in [2.45, 2.75) is 32.2 Å². The lowest BCUT2D eigenvalue weighted by Gasteiger charge is -2.09. The molecule has 116 valence electrons. The Labute approximate surface area is 125 Å². The summed E-state index contributed by atoms with van der Waals surface area (Å²) in [5.41, 5.74) is 6.91. The molecule has 0 fully saturated rings. The van der Waals surface area contributed by atoms with Crippen molar-refractivity contribution < 1.29 is 14.3 Å². The van der Waals surface area contributed by atoms with E-state index >= 15 is 0 Å². The maximum Gasteiger partial charge on any atom is 0.250 e. The van der Waals surface area contributed by atoms with Gasteiger partial charge in [-0.25, -0.2) is 0 Å². The first-order chi connectivity index (χ1) is 10.0. The first-order valence-corrected chi connectivity index (χ1v) is 6.95. The molecule has 0 aliphatic carbocycles. The fourth-order valence-electron chi connectivity index (χ4n) is 1.81. The lowest BCUT2D eigenvalue weighted by atomic mass is 10.1. The van der Waals surface area contributed by atoms with E-state index in [0.29, 0.717) is 17.8 Å². The second-order valence-electron chi connectivity index (χ2n) is 4.98. The molecule has 0 bridgehead atoms. The topological polar surface area (TPSA) is 93.5 Å². The van der Waals surface area contributed by atoms with E-state index in [2.05, 4.69) is 10.6 Å². The Bertz CT molecular complexity index is 475. The van der Waals surface area contributed by atoms with E-state index in [1.54, 1.807) is 24.3 Å². The lowest BCUT2D eigenvalue weighted by Crippen LogP contribution is -2.18. The first-order valence-electron chi connectivity index (χ1n) is 6.95. The van der Waals surface area contributed by atoms with Crippen molar-refractivity contribution in [2.24, 2.45) is 5.73 Å². The standard InChI is InChI=1S/C15H23N3O3/c1-11(16)5-3-8-14(19)17-12-6-4-7-13(9-12)18-15(20)10-21-2/h4,6-7,9,11H,3,5,8,10,16H2,1-2H3,(H,17,19)(H,18,20). The molecule has 4 N–H and O–H groups in total. The van der Waals surface area contributed by atoms with Gasteiger partial charge in [0.25, 0.3) is 0 Å². The van der Waals surface area contributed by atoms with Crippen molar-refractivity contribution in [3.05, 3.63) is 24.3 Å². The lowest BCUT2D eigenvalue weighted by molar-refractivity contribution is -0.119. The monoisotopic (exact) mass is 293 g/mol. The van der Waals surface area contributed by atoms with Gasteiger partial charge in [0.2, 0.25) is 11.8 Å². The van der Waals surface area contributed by atoms with Crippen molar-refractivity contribution in [3.63, 3.8) is 0 Å². The van der Waals surface area contributed by atoms with Gasteiger partial charge in [-0.15, -0.1) is 0 Å². The molecule has 6 nitrogen and oxygen atoms in total. The molecule has 21 heavy (non-hydrogen) atoms. The largest absolute Gasteiger partial charge is 0.375 e. The number of anilines is 2. The highest BCUT2D eigenvalue weighted by atomic mass is 16.5. The van der Waals surface area contributed by atoms with E-state index in [-0.39, 0.29) is 24.5 Å². The minimum Gasteiger partial charge on any atom is -0.375 e. The Morgan fingerprint density at radius 2 is 1.86 bits per heavy atom. The summed E-state index contributed by atoms with van der Waals surface area (Å²) in [6.45, 7) is 1.91. The van der Waals surface area contributed by atoms with Gasteiger partial charge in [-0.3, -0.25) is 9.59 Å². The van der Waals surface area contributed by atoms with Crippen molar-refractivity contribution in [1.82, 2.24) is 0 Å². The SMILES string of the molecule is COCC(=O)Nc1cccc(NC(=O)CCCC(C)N)c1. The highest BCUT2D eigenvalue weighted by molar-refractivity contribution is 5.94. The average Bonchev–Trinajstić information content (AvgIpc) is 2.38. The molecule has 6 heteroatoms. The smallest absolute Gasteiger partial charge is 0.250 e. The normalized spacial score (nSPS) is 11.8. The van der Waals surface area contributed by atoms with Crippen LogP contribution >= 0.6 is 0 Å². The van der Waals surface area contributed by atoms with Crippen molar-refractivity contribution in [2.75, 3.05) is 24.4 Å². The maximum atomic E-state index is 11.8. The zero-order valence-corrected chi connectivity index (χ0v) is 12.5. The number of nitrogens with two attached hydrogens (primary N) is 1. The summed E-state index contributed by atoms with van der Waals surface area (Å²) in [7, 11) is 1.46. The third kappa shape index (κ3) is 7.43. The Morgan fingerprint density at radius 1 is 1.24 bits per heavy atom. The van der Waals surface area contributed by atoms with Gasteiger partial charge in [-0.05, 0) is 38.0 Å². The molecule has 0 radical (unpaired) electrons. The molecule has 0 heterocycles. The summed E-state index contributed by atoms with van der Waals surface area (Å²) in [5, 5.41) is 5.48. The summed E-state index contributed by atoms with van der Waals surface area (Å²) in [4.78, 5) is 23.2. The third-order valence-electron chi connectivity index (χ3n) is 2.77. The van der Waals surface area contributed by atoms with Crippen LogP contribution in [0, 0.1) is 0 Å². The molecule has 0 spiro atoms. The summed E-state index contributed by atoms with van der Waals surface area (Å²) in [5.74, 6) is -0.297. The third-order valence-corrected chi connectivity index (χ3v) is 2.77. The number of methoxy groups -OCH3 is 1. The maximum absolute atomic E-state index is 11.8. The van der Waals surface area contributed by atoms with Crippen LogP contribution in [0.5, 0.6) is 0 Å². The van der Waals surface area contributed by atoms with Gasteiger partial charge in [0.1, 0.15) is 6.61 Å². The van der Waals surface area contributed by atoms with Crippen molar-refractivity contribution in [3.8, 4) is 0 Å². The molecule has 0 aromatic heterocycles. The van der Waals surface area contributed by atoms with Gasteiger partial charge in [0.05, 0.1) is 0 Å². The van der Waals surface area contributed by atoms with Crippen molar-refractivity contribution in [1.29, 1.82) is 0 Å². The number of nitrogens with one attached hydrogen (secondary N) is 2. The van der Waals surface area contributed by atoms with Gasteiger partial charge < -0.3 is 21.1 Å². The van der Waals surface area contributed by atoms with E-state index < -0.39 is 0 Å². The number of amides is 2. The van der Waals surface area contributed by atoms with Crippen LogP contribution in [-0.2, 0) is 14.3 Å². The Balaban J connectivity index is 2.48. The fourth-order valence-corrected chi connectivity index (χ4v) is 1.81. The minimum absolute atomic E-state index is 0.00609. The number of carbonyl (C=O) groups excluding carboxylic acids is 2. The zero-order chi connectivity index (χ0) is 15.7. The minimum atomic E-state index is -0.238. The van der Waals surface area contributed by atoms with E-state index in [4.69, 9.17) is 10.5 Å². The summed E-state index contributed by atoms with van der Waals surface area (Å²) >= 11 is 0. The predicted octanol–water partition coefficient (Wildman–Crippen LogP) is 1.73. The van der Waals surface area contributed by atoms with Gasteiger partial charge in [-0.2, -0.15) is 0 Å². The van der Waals surface area contributed by atoms with Gasteiger partial charge in [-0.1, -0.05) is 6.07 Å². The number of hydrogen-bond donors (Lipinski definition) is 3. The average molecular weight is 293 g/mol. The Kier molecular flexibility index (Phi) is 7.42. The molecular weight excluding hydrogens is 270 g/mol. The number of ether oxygens (including phenoxy) is 1. The molecule has 0 aliphatic heterocycles. The second kappa shape index (κ2) is 9.10. The van der Waals surface area contributed by atoms with E-state index in [0.717, 1.165) is 12.8 Å². The summed E-state index contributed by atoms with van der Waals surface area (Å²) in [6.07, 6.45) is 2.01. The van der Waals surface area contributed by atoms with Crippen LogP contribution in [0.25, 0.3) is 0 Å². The zero-order valence-electron chi connectivity index (χ0n) is 12.5. The van der Waals surface area contributed by atoms with Crippen LogP contribution < -0.4 is 16.4 Å². The highest BCUT2D eigenvalue weighted by Gasteiger charge is 2.05. The molecule has 1 unspecified atom stereocenters. The predicted molar refractivity (Wildman–Crippen MR) is 83.1 cm³/mol. The number of carbonyl (C=O) groups is 2. The number of rotatable bonds is 8. The van der Waals surface area contributed by atoms with Crippen LogP contribution in [0.2, 0.25) is 0 Å². The van der Waals surface area contributed by atoms with E-state index in [1.165, 1.54) is 7.11 Å². The Morgan fingerprint density at radius 3 is 2.43 bits per heavy atom. The summed E-state index contributed by atoms with van der Waals surface area (Å²) in [6, 6.07) is 7.10. The molecular formula is C15H23N3O3.